The van der Waals surface area contributed by atoms with Gasteiger partial charge in [0, 0.05) is 17.3 Å². The van der Waals surface area contributed by atoms with Gasteiger partial charge in [0.15, 0.2) is 0 Å². The molecule has 8 heteroatoms. The summed E-state index contributed by atoms with van der Waals surface area (Å²) in [4.78, 5) is 11.6. The van der Waals surface area contributed by atoms with Gasteiger partial charge in [-0.3, -0.25) is 4.79 Å². The molecule has 0 saturated heterocycles. The monoisotopic (exact) mass is 315 g/mol. The second-order valence-corrected chi connectivity index (χ2v) is 7.27. The highest BCUT2D eigenvalue weighted by molar-refractivity contribution is 7.89. The third-order valence-corrected chi connectivity index (χ3v) is 3.86. The Bertz CT molecular complexity index is 621. The molecule has 0 aliphatic heterocycles. The molecule has 0 aliphatic carbocycles. The summed E-state index contributed by atoms with van der Waals surface area (Å²) in [6, 6.07) is 4.19. The zero-order valence-electron chi connectivity index (χ0n) is 12.6. The minimum atomic E-state index is -3.86. The molecular weight excluding hydrogens is 294 g/mol. The van der Waals surface area contributed by atoms with Crippen LogP contribution in [0.1, 0.15) is 20.8 Å². The maximum atomic E-state index is 12.2. The van der Waals surface area contributed by atoms with E-state index in [4.69, 9.17) is 10.5 Å². The first-order valence-electron chi connectivity index (χ1n) is 6.29. The summed E-state index contributed by atoms with van der Waals surface area (Å²) in [5.74, 6) is -0.292. The van der Waals surface area contributed by atoms with E-state index < -0.39 is 21.5 Å². The quantitative estimate of drug-likeness (QED) is 0.684. The number of sulfonamides is 1. The van der Waals surface area contributed by atoms with Crippen molar-refractivity contribution in [3.8, 4) is 5.75 Å². The van der Waals surface area contributed by atoms with Crippen molar-refractivity contribution < 1.29 is 17.9 Å². The summed E-state index contributed by atoms with van der Waals surface area (Å²) < 4.78 is 31.6. The van der Waals surface area contributed by atoms with E-state index in [1.54, 1.807) is 0 Å². The maximum Gasteiger partial charge on any atom is 0.244 e. The van der Waals surface area contributed by atoms with Crippen LogP contribution in [-0.4, -0.2) is 33.5 Å². The van der Waals surface area contributed by atoms with E-state index in [1.165, 1.54) is 25.3 Å². The van der Waals surface area contributed by atoms with Crippen molar-refractivity contribution in [3.05, 3.63) is 18.2 Å². The molecule has 0 aromatic heterocycles. The van der Waals surface area contributed by atoms with Crippen molar-refractivity contribution in [2.24, 2.45) is 0 Å². The Labute approximate surface area is 124 Å². The molecule has 0 atom stereocenters. The number of hydrogen-bond acceptors (Lipinski definition) is 5. The van der Waals surface area contributed by atoms with Gasteiger partial charge in [-0.1, -0.05) is 0 Å². The van der Waals surface area contributed by atoms with Crippen LogP contribution in [0.2, 0.25) is 0 Å². The van der Waals surface area contributed by atoms with Crippen LogP contribution >= 0.6 is 0 Å². The molecule has 0 heterocycles. The molecule has 0 fully saturated rings. The smallest absolute Gasteiger partial charge is 0.244 e. The average molecular weight is 315 g/mol. The molecule has 0 radical (unpaired) electrons. The second kappa shape index (κ2) is 6.31. The van der Waals surface area contributed by atoms with Crippen LogP contribution in [0.15, 0.2) is 23.1 Å². The van der Waals surface area contributed by atoms with Crippen molar-refractivity contribution >= 4 is 21.6 Å². The Morgan fingerprint density at radius 1 is 1.33 bits per heavy atom. The van der Waals surface area contributed by atoms with E-state index >= 15 is 0 Å². The first-order chi connectivity index (χ1) is 9.55. The van der Waals surface area contributed by atoms with Gasteiger partial charge in [0.1, 0.15) is 10.6 Å². The Hall–Kier alpha value is -1.80. The number of carbonyl (C=O) groups excluding carboxylic acids is 1. The molecule has 21 heavy (non-hydrogen) atoms. The van der Waals surface area contributed by atoms with Crippen molar-refractivity contribution in [3.63, 3.8) is 0 Å². The number of nitrogens with two attached hydrogens (primary N) is 1. The molecule has 118 valence electrons. The van der Waals surface area contributed by atoms with Gasteiger partial charge in [-0.15, -0.1) is 0 Å². The van der Waals surface area contributed by atoms with Gasteiger partial charge >= 0.3 is 0 Å². The molecule has 0 saturated carbocycles. The number of rotatable bonds is 5. The Balaban J connectivity index is 2.86. The van der Waals surface area contributed by atoms with Gasteiger partial charge in [-0.05, 0) is 32.9 Å². The molecule has 0 aliphatic rings. The van der Waals surface area contributed by atoms with E-state index in [1.807, 2.05) is 20.8 Å². The van der Waals surface area contributed by atoms with E-state index in [0.717, 1.165) is 0 Å². The Kier molecular flexibility index (Phi) is 5.19. The highest BCUT2D eigenvalue weighted by Crippen LogP contribution is 2.25. The minimum Gasteiger partial charge on any atom is -0.495 e. The lowest BCUT2D eigenvalue weighted by Crippen LogP contribution is -2.45. The first kappa shape index (κ1) is 17.3. The SMILES string of the molecule is COc1cc(N)ccc1S(=O)(=O)NCC(=O)NC(C)(C)C. The van der Waals surface area contributed by atoms with Crippen LogP contribution < -0.4 is 20.5 Å². The maximum absolute atomic E-state index is 12.2. The van der Waals surface area contributed by atoms with Gasteiger partial charge in [0.2, 0.25) is 15.9 Å². The van der Waals surface area contributed by atoms with Crippen LogP contribution in [0, 0.1) is 0 Å². The topological polar surface area (TPSA) is 111 Å². The standard InChI is InChI=1S/C13H21N3O4S/c1-13(2,3)16-12(17)8-15-21(18,19)11-6-5-9(14)7-10(11)20-4/h5-7,15H,8,14H2,1-4H3,(H,16,17). The van der Waals surface area contributed by atoms with Crippen molar-refractivity contribution in [2.45, 2.75) is 31.2 Å². The predicted octanol–water partition coefficient (Wildman–Crippen LogP) is 0.470. The molecule has 1 amide bonds. The largest absolute Gasteiger partial charge is 0.495 e. The molecule has 0 bridgehead atoms. The molecule has 4 N–H and O–H groups in total. The summed E-state index contributed by atoms with van der Waals surface area (Å²) in [5.41, 5.74) is 5.53. The molecule has 0 unspecified atom stereocenters. The number of methoxy groups -OCH3 is 1. The van der Waals surface area contributed by atoms with E-state index in [2.05, 4.69) is 10.0 Å². The predicted molar refractivity (Wildman–Crippen MR) is 80.5 cm³/mol. The van der Waals surface area contributed by atoms with Crippen molar-refractivity contribution in [2.75, 3.05) is 19.4 Å². The van der Waals surface area contributed by atoms with Gasteiger partial charge < -0.3 is 15.8 Å². The number of anilines is 1. The number of nitrogen functional groups attached to an aromatic ring is 1. The summed E-state index contributed by atoms with van der Waals surface area (Å²) >= 11 is 0. The summed E-state index contributed by atoms with van der Waals surface area (Å²) in [5, 5.41) is 2.66. The number of ether oxygens (including phenoxy) is 1. The molecule has 1 rings (SSSR count). The van der Waals surface area contributed by atoms with Gasteiger partial charge in [0.25, 0.3) is 0 Å². The summed E-state index contributed by atoms with van der Waals surface area (Å²) in [7, 11) is -2.51. The fourth-order valence-electron chi connectivity index (χ4n) is 1.61. The third kappa shape index (κ3) is 5.24. The number of benzene rings is 1. The average Bonchev–Trinajstić information content (AvgIpc) is 2.34. The highest BCUT2D eigenvalue weighted by atomic mass is 32.2. The normalized spacial score (nSPS) is 12.0. The highest BCUT2D eigenvalue weighted by Gasteiger charge is 2.21. The van der Waals surface area contributed by atoms with Crippen molar-refractivity contribution in [1.82, 2.24) is 10.0 Å². The van der Waals surface area contributed by atoms with Crippen molar-refractivity contribution in [1.29, 1.82) is 0 Å². The number of amides is 1. The van der Waals surface area contributed by atoms with Crippen LogP contribution in [0.4, 0.5) is 5.69 Å². The lowest BCUT2D eigenvalue weighted by molar-refractivity contribution is -0.121. The zero-order chi connectivity index (χ0) is 16.3. The number of nitrogens with one attached hydrogen (secondary N) is 2. The molecule has 1 aromatic carbocycles. The second-order valence-electron chi connectivity index (χ2n) is 5.53. The van der Waals surface area contributed by atoms with Gasteiger partial charge in [-0.2, -0.15) is 0 Å². The molecule has 7 nitrogen and oxygen atoms in total. The Morgan fingerprint density at radius 2 is 1.95 bits per heavy atom. The van der Waals surface area contributed by atoms with E-state index in [-0.39, 0.29) is 17.2 Å². The summed E-state index contributed by atoms with van der Waals surface area (Å²) in [6.07, 6.45) is 0. The molecular formula is C13H21N3O4S. The fourth-order valence-corrected chi connectivity index (χ4v) is 2.74. The van der Waals surface area contributed by atoms with Crippen LogP contribution in [0.25, 0.3) is 0 Å². The molecule has 0 spiro atoms. The van der Waals surface area contributed by atoms with Crippen LogP contribution in [-0.2, 0) is 14.8 Å². The van der Waals surface area contributed by atoms with E-state index in [9.17, 15) is 13.2 Å². The lowest BCUT2D eigenvalue weighted by Gasteiger charge is -2.20. The Morgan fingerprint density at radius 3 is 2.48 bits per heavy atom. The summed E-state index contributed by atoms with van der Waals surface area (Å²) in [6.45, 7) is 5.07. The number of hydrogen-bond donors (Lipinski definition) is 3. The minimum absolute atomic E-state index is 0.0669. The van der Waals surface area contributed by atoms with Crippen LogP contribution in [0.3, 0.4) is 0 Å². The fraction of sp³-hybridized carbons (Fsp3) is 0.462. The first-order valence-corrected chi connectivity index (χ1v) is 7.78. The lowest BCUT2D eigenvalue weighted by atomic mass is 10.1. The zero-order valence-corrected chi connectivity index (χ0v) is 13.4. The van der Waals surface area contributed by atoms with E-state index in [0.29, 0.717) is 5.69 Å². The van der Waals surface area contributed by atoms with Gasteiger partial charge in [0.05, 0.1) is 13.7 Å². The molecule has 1 aromatic rings. The number of carbonyl (C=O) groups is 1. The van der Waals surface area contributed by atoms with Crippen LogP contribution in [0.5, 0.6) is 5.75 Å². The van der Waals surface area contributed by atoms with Gasteiger partial charge in [-0.25, -0.2) is 13.1 Å². The third-order valence-electron chi connectivity index (χ3n) is 2.41.